The van der Waals surface area contributed by atoms with Crippen LogP contribution in [-0.2, 0) is 16.0 Å². The minimum atomic E-state index is -4.95. The lowest BCUT2D eigenvalue weighted by atomic mass is 10.2. The second-order valence-electron chi connectivity index (χ2n) is 3.54. The zero-order valence-corrected chi connectivity index (χ0v) is 10.7. The van der Waals surface area contributed by atoms with Gasteiger partial charge in [0, 0.05) is 6.07 Å². The van der Waals surface area contributed by atoms with Crippen molar-refractivity contribution in [3.05, 3.63) is 21.9 Å². The van der Waals surface area contributed by atoms with Crippen molar-refractivity contribution in [2.45, 2.75) is 19.7 Å². The van der Waals surface area contributed by atoms with E-state index in [0.717, 1.165) is 7.11 Å². The molecule has 0 aromatic carbocycles. The summed E-state index contributed by atoms with van der Waals surface area (Å²) >= 11 is 0. The van der Waals surface area contributed by atoms with Crippen LogP contribution in [0.25, 0.3) is 0 Å². The number of methoxy groups -OCH3 is 1. The lowest BCUT2D eigenvalue weighted by Gasteiger charge is -2.12. The molecule has 1 N–H and O–H groups in total. The number of ether oxygens (including phenoxy) is 3. The van der Waals surface area contributed by atoms with E-state index in [0.29, 0.717) is 6.07 Å². The number of pyridine rings is 1. The van der Waals surface area contributed by atoms with Crippen LogP contribution in [0.15, 0.2) is 10.9 Å². The van der Waals surface area contributed by atoms with E-state index in [1.807, 2.05) is 0 Å². The molecular formula is C11H12F3NO5. The maximum atomic E-state index is 12.1. The summed E-state index contributed by atoms with van der Waals surface area (Å²) in [4.78, 5) is 25.1. The van der Waals surface area contributed by atoms with Gasteiger partial charge >= 0.3 is 12.3 Å². The molecule has 0 saturated carbocycles. The number of esters is 1. The molecule has 0 aliphatic carbocycles. The highest BCUT2D eigenvalue weighted by atomic mass is 19.4. The molecule has 0 saturated heterocycles. The summed E-state index contributed by atoms with van der Waals surface area (Å²) in [5.41, 5.74) is -0.964. The number of nitrogens with one attached hydrogen (secondary N) is 1. The third kappa shape index (κ3) is 4.48. The molecule has 0 bridgehead atoms. The largest absolute Gasteiger partial charge is 0.574 e. The Morgan fingerprint density at radius 1 is 1.40 bits per heavy atom. The molecule has 1 heterocycles. The maximum absolute atomic E-state index is 12.1. The minimum absolute atomic E-state index is 0.119. The van der Waals surface area contributed by atoms with E-state index < -0.39 is 30.1 Å². The lowest BCUT2D eigenvalue weighted by Crippen LogP contribution is -2.22. The van der Waals surface area contributed by atoms with Crippen LogP contribution in [-0.4, -0.2) is 31.0 Å². The molecule has 0 spiro atoms. The molecule has 0 unspecified atom stereocenters. The highest BCUT2D eigenvalue weighted by Gasteiger charge is 2.32. The number of carbonyl (C=O) groups excluding carboxylic acids is 1. The van der Waals surface area contributed by atoms with Crippen molar-refractivity contribution in [1.82, 2.24) is 4.98 Å². The molecule has 1 aromatic rings. The summed E-state index contributed by atoms with van der Waals surface area (Å²) in [5, 5.41) is 0. The van der Waals surface area contributed by atoms with Gasteiger partial charge in [-0.3, -0.25) is 14.6 Å². The van der Waals surface area contributed by atoms with Crippen molar-refractivity contribution in [3.63, 3.8) is 0 Å². The molecular weight excluding hydrogens is 283 g/mol. The molecule has 0 aliphatic rings. The van der Waals surface area contributed by atoms with E-state index in [9.17, 15) is 22.8 Å². The second kappa shape index (κ2) is 6.31. The smallest absolute Gasteiger partial charge is 0.482 e. The first-order valence-electron chi connectivity index (χ1n) is 5.48. The summed E-state index contributed by atoms with van der Waals surface area (Å²) in [6.07, 6.45) is -5.37. The van der Waals surface area contributed by atoms with E-state index in [1.165, 1.54) is 0 Å². The fourth-order valence-corrected chi connectivity index (χ4v) is 1.42. The van der Waals surface area contributed by atoms with Gasteiger partial charge in [-0.25, -0.2) is 0 Å². The molecule has 0 radical (unpaired) electrons. The summed E-state index contributed by atoms with van der Waals surface area (Å²) in [6.45, 7) is 1.70. The van der Waals surface area contributed by atoms with Crippen molar-refractivity contribution in [1.29, 1.82) is 0 Å². The van der Waals surface area contributed by atoms with Gasteiger partial charge in [-0.2, -0.15) is 0 Å². The summed E-state index contributed by atoms with van der Waals surface area (Å²) < 4.78 is 49.2. The number of alkyl halides is 3. The molecule has 9 heteroatoms. The third-order valence-electron chi connectivity index (χ3n) is 2.13. The fourth-order valence-electron chi connectivity index (χ4n) is 1.42. The van der Waals surface area contributed by atoms with E-state index in [4.69, 9.17) is 4.74 Å². The molecule has 20 heavy (non-hydrogen) atoms. The number of aromatic amines is 1. The Morgan fingerprint density at radius 3 is 2.55 bits per heavy atom. The Balaban J connectivity index is 3.08. The Morgan fingerprint density at radius 2 is 2.05 bits per heavy atom. The molecule has 0 atom stereocenters. The molecule has 0 aliphatic heterocycles. The molecule has 0 fully saturated rings. The van der Waals surface area contributed by atoms with Crippen LogP contribution in [0.2, 0.25) is 0 Å². The minimum Gasteiger partial charge on any atom is -0.482 e. The number of carbonyl (C=O) groups is 1. The van der Waals surface area contributed by atoms with Crippen molar-refractivity contribution < 1.29 is 32.2 Å². The van der Waals surface area contributed by atoms with Crippen molar-refractivity contribution in [2.24, 2.45) is 0 Å². The maximum Gasteiger partial charge on any atom is 0.574 e. The van der Waals surface area contributed by atoms with Gasteiger partial charge in [-0.05, 0) is 6.92 Å². The Labute approximate surface area is 111 Å². The predicted molar refractivity (Wildman–Crippen MR) is 60.6 cm³/mol. The predicted octanol–water partition coefficient (Wildman–Crippen LogP) is 1.39. The standard InChI is InChI=1S/C11H12F3NO5/c1-3-19-9(17)4-6-7(16)5-8(15-10(6)18-2)20-11(12,13)14/h5H,3-4H2,1-2H3,(H,15,16). The Kier molecular flexibility index (Phi) is 5.00. The third-order valence-corrected chi connectivity index (χ3v) is 2.13. The summed E-state index contributed by atoms with van der Waals surface area (Å²) in [6, 6.07) is 0.588. The number of H-pyrrole nitrogens is 1. The molecule has 1 rings (SSSR count). The number of aromatic nitrogens is 1. The van der Waals surface area contributed by atoms with Gasteiger partial charge in [0.25, 0.3) is 0 Å². The number of halogens is 3. The van der Waals surface area contributed by atoms with E-state index in [2.05, 4.69) is 14.5 Å². The normalized spacial score (nSPS) is 11.1. The average molecular weight is 295 g/mol. The van der Waals surface area contributed by atoms with Crippen LogP contribution in [0, 0.1) is 0 Å². The number of hydrogen-bond donors (Lipinski definition) is 1. The van der Waals surface area contributed by atoms with Crippen molar-refractivity contribution in [3.8, 4) is 11.8 Å². The van der Waals surface area contributed by atoms with Gasteiger partial charge in [-0.15, -0.1) is 13.2 Å². The first-order chi connectivity index (χ1) is 9.26. The van der Waals surface area contributed by atoms with Crippen molar-refractivity contribution in [2.75, 3.05) is 13.7 Å². The van der Waals surface area contributed by atoms with Crippen LogP contribution in [0.4, 0.5) is 13.2 Å². The van der Waals surface area contributed by atoms with Crippen molar-refractivity contribution >= 4 is 5.97 Å². The zero-order valence-electron chi connectivity index (χ0n) is 10.7. The molecule has 0 amide bonds. The van der Waals surface area contributed by atoms with E-state index in [1.54, 1.807) is 6.92 Å². The van der Waals surface area contributed by atoms with Crippen LogP contribution < -0.4 is 14.9 Å². The average Bonchev–Trinajstić information content (AvgIpc) is 2.30. The highest BCUT2D eigenvalue weighted by molar-refractivity contribution is 5.73. The van der Waals surface area contributed by atoms with Crippen LogP contribution in [0.1, 0.15) is 12.5 Å². The van der Waals surface area contributed by atoms with Crippen LogP contribution >= 0.6 is 0 Å². The van der Waals surface area contributed by atoms with Gasteiger partial charge in [0.2, 0.25) is 11.8 Å². The zero-order chi connectivity index (χ0) is 15.3. The lowest BCUT2D eigenvalue weighted by molar-refractivity contribution is -0.276. The van der Waals surface area contributed by atoms with Gasteiger partial charge < -0.3 is 14.2 Å². The van der Waals surface area contributed by atoms with Gasteiger partial charge in [-0.1, -0.05) is 0 Å². The van der Waals surface area contributed by atoms with E-state index in [-0.39, 0.29) is 18.1 Å². The number of rotatable bonds is 5. The van der Waals surface area contributed by atoms with Gasteiger partial charge in [0.05, 0.1) is 25.7 Å². The van der Waals surface area contributed by atoms with Gasteiger partial charge in [0.1, 0.15) is 0 Å². The SMILES string of the molecule is CCOC(=O)Cc1c(OC)[nH]c(OC(F)(F)F)cc1=O. The summed E-state index contributed by atoms with van der Waals surface area (Å²) in [5.74, 6) is -1.81. The first kappa shape index (κ1) is 15.9. The summed E-state index contributed by atoms with van der Waals surface area (Å²) in [7, 11) is 1.14. The quantitative estimate of drug-likeness (QED) is 0.831. The Hall–Kier alpha value is -2.19. The highest BCUT2D eigenvalue weighted by Crippen LogP contribution is 2.23. The monoisotopic (exact) mass is 295 g/mol. The Bertz CT molecular complexity index is 538. The topological polar surface area (TPSA) is 77.6 Å². The van der Waals surface area contributed by atoms with Crippen LogP contribution in [0.3, 0.4) is 0 Å². The molecule has 1 aromatic heterocycles. The second-order valence-corrected chi connectivity index (χ2v) is 3.54. The molecule has 112 valence electrons. The first-order valence-corrected chi connectivity index (χ1v) is 5.48. The van der Waals surface area contributed by atoms with Gasteiger partial charge in [0.15, 0.2) is 5.43 Å². The number of hydrogen-bond acceptors (Lipinski definition) is 5. The van der Waals surface area contributed by atoms with E-state index >= 15 is 0 Å². The molecule has 6 nitrogen and oxygen atoms in total. The van der Waals surface area contributed by atoms with Crippen LogP contribution in [0.5, 0.6) is 11.8 Å². The fraction of sp³-hybridized carbons (Fsp3) is 0.455.